The Morgan fingerprint density at radius 3 is 2.37 bits per heavy atom. The van der Waals surface area contributed by atoms with Gasteiger partial charge in [0, 0.05) is 44.7 Å². The highest BCUT2D eigenvalue weighted by atomic mass is 19.4. The molecule has 1 aliphatic carbocycles. The second-order valence-electron chi connectivity index (χ2n) is 8.88. The van der Waals surface area contributed by atoms with E-state index in [2.05, 4.69) is 11.9 Å². The van der Waals surface area contributed by atoms with Crippen molar-refractivity contribution in [2.75, 3.05) is 53.0 Å². The Labute approximate surface area is 175 Å². The average Bonchev–Trinajstić information content (AvgIpc) is 3.59. The number of halogens is 3. The van der Waals surface area contributed by atoms with Gasteiger partial charge in [-0.25, -0.2) is 4.79 Å². The van der Waals surface area contributed by atoms with Crippen molar-refractivity contribution in [2.45, 2.75) is 37.4 Å². The quantitative estimate of drug-likeness (QED) is 0.739. The minimum Gasteiger partial charge on any atom is -0.378 e. The van der Waals surface area contributed by atoms with Crippen LogP contribution in [0, 0.1) is 5.92 Å². The highest BCUT2D eigenvalue weighted by molar-refractivity contribution is 5.74. The lowest BCUT2D eigenvalue weighted by molar-refractivity contribution is -0.137. The van der Waals surface area contributed by atoms with Gasteiger partial charge in [0.05, 0.1) is 18.8 Å². The van der Waals surface area contributed by atoms with E-state index in [1.165, 1.54) is 12.8 Å². The molecule has 2 atom stereocenters. The maximum atomic E-state index is 13.1. The van der Waals surface area contributed by atoms with Gasteiger partial charge in [-0.15, -0.1) is 0 Å². The number of alkyl halides is 3. The van der Waals surface area contributed by atoms with Crippen LogP contribution in [0.3, 0.4) is 0 Å². The molecule has 30 heavy (non-hydrogen) atoms. The summed E-state index contributed by atoms with van der Waals surface area (Å²) >= 11 is 0. The number of urea groups is 1. The molecular weight excluding hydrogens is 395 g/mol. The summed E-state index contributed by atoms with van der Waals surface area (Å²) in [6, 6.07) is 6.14. The number of hydrogen-bond acceptors (Lipinski definition) is 3. The van der Waals surface area contributed by atoms with Gasteiger partial charge in [-0.1, -0.05) is 12.1 Å². The number of carbonyl (C=O) groups is 1. The van der Waals surface area contributed by atoms with E-state index < -0.39 is 11.7 Å². The maximum absolute atomic E-state index is 13.1. The molecule has 1 aromatic rings. The van der Waals surface area contributed by atoms with Gasteiger partial charge in [0.2, 0.25) is 0 Å². The Kier molecular flexibility index (Phi) is 6.25. The minimum absolute atomic E-state index is 0.0222. The van der Waals surface area contributed by atoms with Gasteiger partial charge in [0.15, 0.2) is 0 Å². The van der Waals surface area contributed by atoms with Crippen LogP contribution in [0.1, 0.15) is 36.3 Å². The smallest absolute Gasteiger partial charge is 0.378 e. The fourth-order valence-corrected chi connectivity index (χ4v) is 4.70. The lowest BCUT2D eigenvalue weighted by Crippen LogP contribution is -2.53. The first kappa shape index (κ1) is 21.4. The van der Waals surface area contributed by atoms with E-state index in [4.69, 9.17) is 4.74 Å². The third-order valence-electron chi connectivity index (χ3n) is 6.52. The van der Waals surface area contributed by atoms with Crippen LogP contribution in [-0.2, 0) is 10.9 Å². The molecule has 2 aliphatic heterocycles. The number of piperidine rings is 1. The summed E-state index contributed by atoms with van der Waals surface area (Å²) < 4.78 is 44.2. The molecule has 2 amide bonds. The van der Waals surface area contributed by atoms with Crippen LogP contribution in [-0.4, -0.2) is 79.8 Å². The van der Waals surface area contributed by atoms with E-state index in [1.807, 2.05) is 9.80 Å². The molecule has 2 heterocycles. The fraction of sp³-hybridized carbons (Fsp3) is 0.682. The van der Waals surface area contributed by atoms with E-state index in [-0.39, 0.29) is 11.9 Å². The third kappa shape index (κ3) is 5.09. The molecule has 3 fully saturated rings. The molecule has 8 heteroatoms. The summed E-state index contributed by atoms with van der Waals surface area (Å²) in [6.07, 6.45) is -1.00. The van der Waals surface area contributed by atoms with Gasteiger partial charge in [0.1, 0.15) is 0 Å². The molecule has 0 aromatic heterocycles. The Balaban J connectivity index is 1.50. The standard InChI is InChI=1S/C22H30F3N3O2/c1-26(20-6-7-20)13-16-12-18(17-2-4-19(5-3-17)22(23,24)25)15-28(14-16)21(29)27-8-10-30-11-9-27/h2-5,16,18,20H,6-15H2,1H3. The number of rotatable bonds is 4. The number of ether oxygens (including phenoxy) is 1. The zero-order valence-corrected chi connectivity index (χ0v) is 17.4. The topological polar surface area (TPSA) is 36.0 Å². The van der Waals surface area contributed by atoms with Crippen LogP contribution in [0.2, 0.25) is 0 Å². The summed E-state index contributed by atoms with van der Waals surface area (Å²) in [5.74, 6) is 0.352. The maximum Gasteiger partial charge on any atom is 0.416 e. The highest BCUT2D eigenvalue weighted by Crippen LogP contribution is 2.35. The van der Waals surface area contributed by atoms with E-state index in [0.717, 1.165) is 30.7 Å². The molecule has 5 nitrogen and oxygen atoms in total. The molecule has 4 rings (SSSR count). The van der Waals surface area contributed by atoms with Crippen LogP contribution >= 0.6 is 0 Å². The van der Waals surface area contributed by atoms with Gasteiger partial charge < -0.3 is 19.4 Å². The van der Waals surface area contributed by atoms with Crippen LogP contribution in [0.25, 0.3) is 0 Å². The van der Waals surface area contributed by atoms with E-state index >= 15 is 0 Å². The minimum atomic E-state index is -4.33. The van der Waals surface area contributed by atoms with Gasteiger partial charge >= 0.3 is 12.2 Å². The van der Waals surface area contributed by atoms with Gasteiger partial charge in [-0.05, 0) is 49.9 Å². The monoisotopic (exact) mass is 425 g/mol. The third-order valence-corrected chi connectivity index (χ3v) is 6.52. The number of benzene rings is 1. The first-order valence-electron chi connectivity index (χ1n) is 10.8. The molecular formula is C22H30F3N3O2. The summed E-state index contributed by atoms with van der Waals surface area (Å²) in [7, 11) is 2.13. The Morgan fingerprint density at radius 2 is 1.77 bits per heavy atom. The summed E-state index contributed by atoms with van der Waals surface area (Å²) in [5, 5.41) is 0. The number of hydrogen-bond donors (Lipinski definition) is 0. The molecule has 3 aliphatic rings. The van der Waals surface area contributed by atoms with Crippen LogP contribution in [0.4, 0.5) is 18.0 Å². The number of morpholine rings is 1. The first-order valence-corrected chi connectivity index (χ1v) is 10.8. The Bertz CT molecular complexity index is 730. The number of carbonyl (C=O) groups excluding carboxylic acids is 1. The van der Waals surface area contributed by atoms with Crippen molar-refractivity contribution in [1.82, 2.24) is 14.7 Å². The van der Waals surface area contributed by atoms with Crippen molar-refractivity contribution >= 4 is 6.03 Å². The molecule has 2 unspecified atom stereocenters. The Hall–Kier alpha value is -1.80. The SMILES string of the molecule is CN(CC1CC(c2ccc(C(F)(F)F)cc2)CN(C(=O)N2CCOCC2)C1)C1CC1. The predicted molar refractivity (Wildman–Crippen MR) is 107 cm³/mol. The van der Waals surface area contributed by atoms with Gasteiger partial charge in [0.25, 0.3) is 0 Å². The second-order valence-corrected chi connectivity index (χ2v) is 8.88. The molecule has 2 saturated heterocycles. The molecule has 0 N–H and O–H groups in total. The van der Waals surface area contributed by atoms with Crippen molar-refractivity contribution in [3.05, 3.63) is 35.4 Å². The predicted octanol–water partition coefficient (Wildman–Crippen LogP) is 3.66. The van der Waals surface area contributed by atoms with Crippen molar-refractivity contribution in [3.8, 4) is 0 Å². The lowest BCUT2D eigenvalue weighted by Gasteiger charge is -2.42. The van der Waals surface area contributed by atoms with Gasteiger partial charge in [-0.2, -0.15) is 13.2 Å². The molecule has 1 saturated carbocycles. The van der Waals surface area contributed by atoms with Crippen LogP contribution < -0.4 is 0 Å². The molecule has 166 valence electrons. The van der Waals surface area contributed by atoms with E-state index in [0.29, 0.717) is 51.4 Å². The van der Waals surface area contributed by atoms with Crippen LogP contribution in [0.15, 0.2) is 24.3 Å². The largest absolute Gasteiger partial charge is 0.416 e. The zero-order chi connectivity index (χ0) is 21.3. The summed E-state index contributed by atoms with van der Waals surface area (Å²) in [5.41, 5.74) is 0.245. The zero-order valence-electron chi connectivity index (χ0n) is 17.4. The summed E-state index contributed by atoms with van der Waals surface area (Å²) in [6.45, 7) is 4.44. The van der Waals surface area contributed by atoms with Crippen molar-refractivity contribution < 1.29 is 22.7 Å². The van der Waals surface area contributed by atoms with Crippen LogP contribution in [0.5, 0.6) is 0 Å². The first-order chi connectivity index (χ1) is 14.3. The lowest BCUT2D eigenvalue weighted by atomic mass is 9.84. The number of nitrogens with zero attached hydrogens (tertiary/aromatic N) is 3. The van der Waals surface area contributed by atoms with E-state index in [1.54, 1.807) is 12.1 Å². The number of amides is 2. The van der Waals surface area contributed by atoms with Crippen molar-refractivity contribution in [2.24, 2.45) is 5.92 Å². The molecule has 0 bridgehead atoms. The van der Waals surface area contributed by atoms with Crippen molar-refractivity contribution in [3.63, 3.8) is 0 Å². The number of likely N-dealkylation sites (tertiary alicyclic amines) is 1. The summed E-state index contributed by atoms with van der Waals surface area (Å²) in [4.78, 5) is 19.2. The molecule has 0 radical (unpaired) electrons. The average molecular weight is 425 g/mol. The fourth-order valence-electron chi connectivity index (χ4n) is 4.70. The van der Waals surface area contributed by atoms with Gasteiger partial charge in [-0.3, -0.25) is 0 Å². The second kappa shape index (κ2) is 8.75. The molecule has 0 spiro atoms. The molecule has 1 aromatic carbocycles. The highest BCUT2D eigenvalue weighted by Gasteiger charge is 2.36. The van der Waals surface area contributed by atoms with Crippen molar-refractivity contribution in [1.29, 1.82) is 0 Å². The van der Waals surface area contributed by atoms with E-state index in [9.17, 15) is 18.0 Å². The Morgan fingerprint density at radius 1 is 1.10 bits per heavy atom. The normalized spacial score (nSPS) is 25.6.